The number of nitrogens with zero attached hydrogens (tertiary/aromatic N) is 2. The molecule has 0 aliphatic carbocycles. The molecule has 0 aliphatic rings. The van der Waals surface area contributed by atoms with Crippen molar-refractivity contribution in [3.05, 3.63) is 51.8 Å². The first-order valence-corrected chi connectivity index (χ1v) is 5.95. The second-order valence-electron chi connectivity index (χ2n) is 3.26. The zero-order valence-electron chi connectivity index (χ0n) is 9.60. The molecular weight excluding hydrogens is 314 g/mol. The third-order valence-electron chi connectivity index (χ3n) is 2.05. The van der Waals surface area contributed by atoms with Gasteiger partial charge in [-0.3, -0.25) is 9.97 Å². The number of hydrogen-bond acceptors (Lipinski definition) is 3. The van der Waals surface area contributed by atoms with E-state index in [-0.39, 0.29) is 51.4 Å². The van der Waals surface area contributed by atoms with E-state index >= 15 is 0 Å². The summed E-state index contributed by atoms with van der Waals surface area (Å²) in [5.41, 5.74) is 1.62. The number of aromatic nitrogens is 2. The van der Waals surface area contributed by atoms with Gasteiger partial charge in [0.15, 0.2) is 0 Å². The van der Waals surface area contributed by atoms with Crippen LogP contribution in [0.15, 0.2) is 35.6 Å². The summed E-state index contributed by atoms with van der Waals surface area (Å²) in [6.45, 7) is 0. The molecule has 86 valence electrons. The van der Waals surface area contributed by atoms with E-state index in [9.17, 15) is 0 Å². The van der Waals surface area contributed by atoms with E-state index in [1.165, 1.54) is 0 Å². The molecule has 1 heterocycles. The maximum atomic E-state index is 6.04. The number of halogens is 2. The summed E-state index contributed by atoms with van der Waals surface area (Å²) in [6.07, 6.45) is 5.31. The van der Waals surface area contributed by atoms with E-state index < -0.39 is 0 Å². The van der Waals surface area contributed by atoms with Crippen LogP contribution in [-0.4, -0.2) is 9.97 Å². The van der Waals surface area contributed by atoms with Crippen LogP contribution in [0.1, 0.15) is 11.3 Å². The summed E-state index contributed by atoms with van der Waals surface area (Å²) < 4.78 is 0. The summed E-state index contributed by atoms with van der Waals surface area (Å²) in [5.74, 6) is 0. The zero-order chi connectivity index (χ0) is 12.3. The smallest absolute Gasteiger partial charge is 0.740 e. The van der Waals surface area contributed by atoms with Crippen molar-refractivity contribution in [1.82, 2.24) is 9.97 Å². The first-order chi connectivity index (χ1) is 8.15. The monoisotopic (exact) mass is 320 g/mol. The standard InChI is InChI=1S/C12H8Cl2N2S.K/c13-9-3-1-8(11(14)7-9)2-4-10-5-6-15-12(17)16-10;/h1-7H,(H,15,16,17);/q;+1/p-1. The van der Waals surface area contributed by atoms with Crippen LogP contribution < -0.4 is 51.4 Å². The maximum absolute atomic E-state index is 6.04. The van der Waals surface area contributed by atoms with Gasteiger partial charge in [0.25, 0.3) is 0 Å². The first kappa shape index (κ1) is 16.5. The molecule has 0 bridgehead atoms. The van der Waals surface area contributed by atoms with Crippen molar-refractivity contribution in [3.8, 4) is 0 Å². The second-order valence-corrected chi connectivity index (χ2v) is 4.47. The average Bonchev–Trinajstić information content (AvgIpc) is 2.28. The normalized spacial score (nSPS) is 10.3. The number of rotatable bonds is 2. The fourth-order valence-corrected chi connectivity index (χ4v) is 1.90. The summed E-state index contributed by atoms with van der Waals surface area (Å²) in [7, 11) is 0. The molecule has 6 heteroatoms. The number of hydrogen-bond donors (Lipinski definition) is 0. The predicted octanol–water partition coefficient (Wildman–Crippen LogP) is 0.864. The molecule has 0 spiro atoms. The average molecular weight is 321 g/mol. The van der Waals surface area contributed by atoms with Crippen LogP contribution in [0.2, 0.25) is 10.0 Å². The molecule has 0 N–H and O–H groups in total. The van der Waals surface area contributed by atoms with Gasteiger partial charge in [0.2, 0.25) is 0 Å². The molecule has 0 saturated heterocycles. The molecule has 0 aliphatic heterocycles. The van der Waals surface area contributed by atoms with E-state index in [2.05, 4.69) is 9.97 Å². The fourth-order valence-electron chi connectivity index (χ4n) is 1.26. The van der Waals surface area contributed by atoms with Gasteiger partial charge in [-0.15, -0.1) is 0 Å². The Morgan fingerprint density at radius 1 is 1.11 bits per heavy atom. The van der Waals surface area contributed by atoms with Gasteiger partial charge in [0.1, 0.15) is 0 Å². The molecule has 0 saturated carbocycles. The minimum Gasteiger partial charge on any atom is -0.740 e. The number of benzene rings is 1. The molecular formula is C12H7Cl2KN2S. The molecule has 2 nitrogen and oxygen atoms in total. The van der Waals surface area contributed by atoms with Gasteiger partial charge in [-0.2, -0.15) is 0 Å². The van der Waals surface area contributed by atoms with Crippen LogP contribution in [-0.2, 0) is 12.6 Å². The van der Waals surface area contributed by atoms with Crippen molar-refractivity contribution >= 4 is 48.0 Å². The van der Waals surface area contributed by atoms with Crippen molar-refractivity contribution in [2.45, 2.75) is 5.16 Å². The third kappa shape index (κ3) is 4.87. The molecule has 0 unspecified atom stereocenters. The molecule has 0 amide bonds. The summed E-state index contributed by atoms with van der Waals surface area (Å²) in [6, 6.07) is 7.10. The molecule has 0 atom stereocenters. The minimum atomic E-state index is 0. The van der Waals surface area contributed by atoms with Gasteiger partial charge >= 0.3 is 51.4 Å². The largest absolute Gasteiger partial charge is 1.00 e. The molecule has 0 fully saturated rings. The quantitative estimate of drug-likeness (QED) is 0.466. The maximum Gasteiger partial charge on any atom is 1.00 e. The SMILES string of the molecule is [K+].[S-]c1nccc(C=Cc2ccc(Cl)cc2Cl)n1. The van der Waals surface area contributed by atoms with Crippen molar-refractivity contribution < 1.29 is 51.4 Å². The van der Waals surface area contributed by atoms with Crippen LogP contribution in [0, 0.1) is 0 Å². The van der Waals surface area contributed by atoms with Crippen LogP contribution in [0.3, 0.4) is 0 Å². The van der Waals surface area contributed by atoms with Crippen molar-refractivity contribution in [2.75, 3.05) is 0 Å². The van der Waals surface area contributed by atoms with E-state index in [0.29, 0.717) is 15.2 Å². The minimum absolute atomic E-state index is 0. The molecule has 18 heavy (non-hydrogen) atoms. The molecule has 2 aromatic rings. The van der Waals surface area contributed by atoms with Gasteiger partial charge in [0.05, 0.1) is 5.69 Å². The molecule has 1 aromatic heterocycles. The van der Waals surface area contributed by atoms with Gasteiger partial charge in [-0.1, -0.05) is 35.3 Å². The molecule has 0 radical (unpaired) electrons. The first-order valence-electron chi connectivity index (χ1n) is 4.78. The predicted molar refractivity (Wildman–Crippen MR) is 73.1 cm³/mol. The van der Waals surface area contributed by atoms with Gasteiger partial charge in [0, 0.05) is 21.4 Å². The van der Waals surface area contributed by atoms with E-state index in [1.54, 1.807) is 24.4 Å². The summed E-state index contributed by atoms with van der Waals surface area (Å²) >= 11 is 16.7. The Bertz CT molecular complexity index is 576. The van der Waals surface area contributed by atoms with Crippen LogP contribution in [0.5, 0.6) is 0 Å². The van der Waals surface area contributed by atoms with Gasteiger partial charge in [-0.05, 0) is 29.8 Å². The Balaban J connectivity index is 0.00000162. The van der Waals surface area contributed by atoms with Crippen LogP contribution in [0.4, 0.5) is 0 Å². The zero-order valence-corrected chi connectivity index (χ0v) is 15.1. The fraction of sp³-hybridized carbons (Fsp3) is 0. The van der Waals surface area contributed by atoms with Gasteiger partial charge in [-0.25, -0.2) is 0 Å². The second kappa shape index (κ2) is 7.92. The Kier molecular flexibility index (Phi) is 7.27. The Hall–Kier alpha value is 0.476. The van der Waals surface area contributed by atoms with Crippen LogP contribution in [0.25, 0.3) is 12.2 Å². The third-order valence-corrected chi connectivity index (χ3v) is 2.81. The van der Waals surface area contributed by atoms with Crippen molar-refractivity contribution in [3.63, 3.8) is 0 Å². The Morgan fingerprint density at radius 2 is 1.89 bits per heavy atom. The summed E-state index contributed by atoms with van der Waals surface area (Å²) in [5, 5.41) is 1.54. The van der Waals surface area contributed by atoms with Gasteiger partial charge < -0.3 is 12.6 Å². The van der Waals surface area contributed by atoms with E-state index in [4.69, 9.17) is 35.8 Å². The van der Waals surface area contributed by atoms with E-state index in [1.807, 2.05) is 18.2 Å². The molecule has 2 rings (SSSR count). The van der Waals surface area contributed by atoms with E-state index in [0.717, 1.165) is 11.3 Å². The summed E-state index contributed by atoms with van der Waals surface area (Å²) in [4.78, 5) is 7.93. The molecule has 1 aromatic carbocycles. The van der Waals surface area contributed by atoms with Crippen molar-refractivity contribution in [1.29, 1.82) is 0 Å². The Morgan fingerprint density at radius 3 is 2.56 bits per heavy atom. The van der Waals surface area contributed by atoms with Crippen LogP contribution >= 0.6 is 23.2 Å². The topological polar surface area (TPSA) is 25.8 Å². The van der Waals surface area contributed by atoms with Crippen molar-refractivity contribution in [2.24, 2.45) is 0 Å². The Labute approximate surface area is 164 Å².